The van der Waals surface area contributed by atoms with Crippen LogP contribution < -0.4 is 10.6 Å². The third kappa shape index (κ3) is 5.64. The van der Waals surface area contributed by atoms with Gasteiger partial charge in [0.1, 0.15) is 0 Å². The van der Waals surface area contributed by atoms with Gasteiger partial charge in [-0.15, -0.1) is 0 Å². The molecule has 0 amide bonds. The highest BCUT2D eigenvalue weighted by atomic mass is 35.5. The molecule has 5 heteroatoms. The molecule has 0 aromatic heterocycles. The second-order valence-corrected chi connectivity index (χ2v) is 10.1. The van der Waals surface area contributed by atoms with Gasteiger partial charge in [0, 0.05) is 35.0 Å². The molecule has 0 radical (unpaired) electrons. The summed E-state index contributed by atoms with van der Waals surface area (Å²) < 4.78 is 7.12. The Labute approximate surface area is 196 Å². The molecule has 168 valence electrons. The molecule has 31 heavy (non-hydrogen) atoms. The van der Waals surface area contributed by atoms with Crippen molar-refractivity contribution < 1.29 is 4.74 Å². The smallest absolute Gasteiger partial charge is 0.0888 e. The van der Waals surface area contributed by atoms with Crippen LogP contribution in [0.2, 0.25) is 10.0 Å². The molecule has 0 spiro atoms. The molecule has 4 unspecified atom stereocenters. The Morgan fingerprint density at radius 2 is 1.23 bits per heavy atom. The highest BCUT2D eigenvalue weighted by Crippen LogP contribution is 2.43. The van der Waals surface area contributed by atoms with Crippen LogP contribution >= 0.6 is 23.2 Å². The molecule has 2 saturated heterocycles. The molecule has 2 heterocycles. The molecule has 4 atom stereocenters. The number of aryl methyl sites for hydroxylation is 2. The minimum atomic E-state index is -0.0660. The SMILES string of the molecule is Cc1ccc(Cl)c(C(OC(c2cc(C)ccc2Cl)C2CCCNC2)C2CCCNC2)c1. The first-order valence-electron chi connectivity index (χ1n) is 11.6. The summed E-state index contributed by atoms with van der Waals surface area (Å²) in [4.78, 5) is 0. The van der Waals surface area contributed by atoms with Crippen molar-refractivity contribution >= 4 is 23.2 Å². The molecule has 0 saturated carbocycles. The van der Waals surface area contributed by atoms with Crippen LogP contribution in [0.3, 0.4) is 0 Å². The van der Waals surface area contributed by atoms with E-state index in [0.717, 1.165) is 73.0 Å². The molecule has 4 rings (SSSR count). The number of hydrogen-bond acceptors (Lipinski definition) is 3. The zero-order valence-electron chi connectivity index (χ0n) is 18.6. The van der Waals surface area contributed by atoms with Crippen LogP contribution in [0.1, 0.15) is 60.1 Å². The largest absolute Gasteiger partial charge is 0.365 e. The van der Waals surface area contributed by atoms with E-state index in [9.17, 15) is 0 Å². The lowest BCUT2D eigenvalue weighted by atomic mass is 9.85. The fraction of sp³-hybridized carbons (Fsp3) is 0.538. The maximum absolute atomic E-state index is 7.12. The molecule has 0 bridgehead atoms. The predicted octanol–water partition coefficient (Wildman–Crippen LogP) is 6.41. The molecular weight excluding hydrogens is 427 g/mol. The van der Waals surface area contributed by atoms with Gasteiger partial charge in [0.2, 0.25) is 0 Å². The van der Waals surface area contributed by atoms with E-state index >= 15 is 0 Å². The van der Waals surface area contributed by atoms with Crippen molar-refractivity contribution in [2.45, 2.75) is 51.7 Å². The summed E-state index contributed by atoms with van der Waals surface area (Å²) >= 11 is 13.5. The Balaban J connectivity index is 1.74. The van der Waals surface area contributed by atoms with E-state index in [-0.39, 0.29) is 12.2 Å². The van der Waals surface area contributed by atoms with Gasteiger partial charge in [-0.2, -0.15) is 0 Å². The van der Waals surface area contributed by atoms with E-state index < -0.39 is 0 Å². The molecule has 3 nitrogen and oxygen atoms in total. The monoisotopic (exact) mass is 460 g/mol. The van der Waals surface area contributed by atoms with Crippen LogP contribution in [0, 0.1) is 25.7 Å². The zero-order valence-corrected chi connectivity index (χ0v) is 20.1. The molecule has 2 fully saturated rings. The third-order valence-electron chi connectivity index (χ3n) is 6.74. The first kappa shape index (κ1) is 23.1. The third-order valence-corrected chi connectivity index (χ3v) is 7.42. The number of ether oxygens (including phenoxy) is 1. The van der Waals surface area contributed by atoms with Gasteiger partial charge >= 0.3 is 0 Å². The van der Waals surface area contributed by atoms with Crippen LogP contribution in [-0.2, 0) is 4.74 Å². The van der Waals surface area contributed by atoms with Crippen molar-refractivity contribution in [3.8, 4) is 0 Å². The van der Waals surface area contributed by atoms with Crippen LogP contribution in [0.5, 0.6) is 0 Å². The van der Waals surface area contributed by atoms with Crippen molar-refractivity contribution in [3.05, 3.63) is 68.7 Å². The summed E-state index contributed by atoms with van der Waals surface area (Å²) in [5.74, 6) is 0.770. The first-order valence-corrected chi connectivity index (χ1v) is 12.4. The number of rotatable bonds is 6. The van der Waals surface area contributed by atoms with E-state index in [1.807, 2.05) is 12.1 Å². The summed E-state index contributed by atoms with van der Waals surface area (Å²) in [6.07, 6.45) is 4.47. The highest BCUT2D eigenvalue weighted by molar-refractivity contribution is 6.31. The van der Waals surface area contributed by atoms with Gasteiger partial charge in [0.15, 0.2) is 0 Å². The van der Waals surface area contributed by atoms with Crippen LogP contribution in [0.15, 0.2) is 36.4 Å². The lowest BCUT2D eigenvalue weighted by Gasteiger charge is -2.38. The van der Waals surface area contributed by atoms with Gasteiger partial charge < -0.3 is 15.4 Å². The van der Waals surface area contributed by atoms with Crippen LogP contribution in [0.25, 0.3) is 0 Å². The summed E-state index contributed by atoms with van der Waals surface area (Å²) in [6.45, 7) is 8.29. The summed E-state index contributed by atoms with van der Waals surface area (Å²) in [7, 11) is 0. The first-order chi connectivity index (χ1) is 15.0. The molecule has 2 aromatic carbocycles. The molecule has 2 aromatic rings. The second kappa shape index (κ2) is 10.7. The van der Waals surface area contributed by atoms with E-state index in [4.69, 9.17) is 27.9 Å². The van der Waals surface area contributed by atoms with Gasteiger partial charge in [-0.1, -0.05) is 58.6 Å². The fourth-order valence-corrected chi connectivity index (χ4v) is 5.52. The van der Waals surface area contributed by atoms with Crippen molar-refractivity contribution in [1.29, 1.82) is 0 Å². The number of piperidine rings is 2. The predicted molar refractivity (Wildman–Crippen MR) is 130 cm³/mol. The van der Waals surface area contributed by atoms with Crippen molar-refractivity contribution in [2.75, 3.05) is 26.2 Å². The minimum Gasteiger partial charge on any atom is -0.365 e. The van der Waals surface area contributed by atoms with Gasteiger partial charge in [-0.05, 0) is 75.9 Å². The Morgan fingerprint density at radius 1 is 0.774 bits per heavy atom. The average molecular weight is 461 g/mol. The minimum absolute atomic E-state index is 0.0660. The molecule has 2 aliphatic rings. The maximum atomic E-state index is 7.12. The van der Waals surface area contributed by atoms with Crippen molar-refractivity contribution in [2.24, 2.45) is 11.8 Å². The van der Waals surface area contributed by atoms with Gasteiger partial charge in [-0.25, -0.2) is 0 Å². The lowest BCUT2D eigenvalue weighted by molar-refractivity contribution is -0.0812. The quantitative estimate of drug-likeness (QED) is 0.522. The molecule has 2 aliphatic heterocycles. The molecule has 0 aliphatic carbocycles. The summed E-state index contributed by atoms with van der Waals surface area (Å²) in [5.41, 5.74) is 4.63. The molecule has 2 N–H and O–H groups in total. The molecular formula is C26H34Cl2N2O. The number of hydrogen-bond donors (Lipinski definition) is 2. The lowest BCUT2D eigenvalue weighted by Crippen LogP contribution is -2.38. The van der Waals surface area contributed by atoms with E-state index in [1.165, 1.54) is 11.1 Å². The number of nitrogens with one attached hydrogen (secondary N) is 2. The maximum Gasteiger partial charge on any atom is 0.0888 e. The fourth-order valence-electron chi connectivity index (χ4n) is 5.07. The Bertz CT molecular complexity index is 804. The van der Waals surface area contributed by atoms with E-state index in [1.54, 1.807) is 0 Å². The Morgan fingerprint density at radius 3 is 1.61 bits per heavy atom. The average Bonchev–Trinajstić information content (AvgIpc) is 2.79. The van der Waals surface area contributed by atoms with Crippen LogP contribution in [0.4, 0.5) is 0 Å². The standard InChI is InChI=1S/C26H34Cl2N2O/c1-17-7-9-23(27)21(13-17)25(19-5-3-11-29-15-19)31-26(20-6-4-12-30-16-20)22-14-18(2)8-10-24(22)28/h7-10,13-14,19-20,25-26,29-30H,3-6,11-12,15-16H2,1-2H3. The Hall–Kier alpha value is -1.10. The Kier molecular flexibility index (Phi) is 7.95. The zero-order chi connectivity index (χ0) is 21.8. The topological polar surface area (TPSA) is 33.3 Å². The van der Waals surface area contributed by atoms with Crippen molar-refractivity contribution in [3.63, 3.8) is 0 Å². The highest BCUT2D eigenvalue weighted by Gasteiger charge is 2.35. The van der Waals surface area contributed by atoms with Gasteiger partial charge in [0.25, 0.3) is 0 Å². The van der Waals surface area contributed by atoms with Crippen molar-refractivity contribution in [1.82, 2.24) is 10.6 Å². The number of halogens is 2. The summed E-state index contributed by atoms with van der Waals surface area (Å²) in [6, 6.07) is 12.6. The summed E-state index contributed by atoms with van der Waals surface area (Å²) in [5, 5.41) is 8.72. The van der Waals surface area contributed by atoms with Crippen LogP contribution in [-0.4, -0.2) is 26.2 Å². The van der Waals surface area contributed by atoms with E-state index in [0.29, 0.717) is 11.8 Å². The van der Waals surface area contributed by atoms with Gasteiger partial charge in [0.05, 0.1) is 12.2 Å². The van der Waals surface area contributed by atoms with Gasteiger partial charge in [-0.3, -0.25) is 0 Å². The van der Waals surface area contributed by atoms with E-state index in [2.05, 4.69) is 48.7 Å². The second-order valence-electron chi connectivity index (χ2n) is 9.24. The number of benzene rings is 2. The normalized spacial score (nSPS) is 24.0.